The third-order valence-corrected chi connectivity index (χ3v) is 4.32. The topological polar surface area (TPSA) is 52.5 Å². The summed E-state index contributed by atoms with van der Waals surface area (Å²) in [7, 11) is 0. The highest BCUT2D eigenvalue weighted by Gasteiger charge is 2.33. The van der Waals surface area contributed by atoms with Crippen molar-refractivity contribution in [1.29, 1.82) is 0 Å². The number of aliphatic hydroxyl groups is 1. The van der Waals surface area contributed by atoms with Gasteiger partial charge in [0.2, 0.25) is 5.95 Å². The maximum absolute atomic E-state index is 9.04. The predicted octanol–water partition coefficient (Wildman–Crippen LogP) is 1.03. The number of aromatic nitrogens is 2. The number of piperidine rings is 1. The van der Waals surface area contributed by atoms with Crippen LogP contribution in [0.2, 0.25) is 0 Å². The minimum absolute atomic E-state index is 0.00619. The van der Waals surface area contributed by atoms with Gasteiger partial charge in [-0.3, -0.25) is 4.90 Å². The molecule has 3 heterocycles. The van der Waals surface area contributed by atoms with Crippen LogP contribution >= 0.6 is 0 Å². The Balaban J connectivity index is 1.75. The van der Waals surface area contributed by atoms with Crippen molar-refractivity contribution in [1.82, 2.24) is 14.9 Å². The third-order valence-electron chi connectivity index (χ3n) is 4.32. The summed E-state index contributed by atoms with van der Waals surface area (Å²) in [6.45, 7) is 5.63. The van der Waals surface area contributed by atoms with Gasteiger partial charge in [0.15, 0.2) is 0 Å². The lowest BCUT2D eigenvalue weighted by molar-refractivity contribution is 0.115. The molecule has 0 amide bonds. The lowest BCUT2D eigenvalue weighted by Gasteiger charge is -2.47. The molecule has 19 heavy (non-hydrogen) atoms. The molecule has 1 aromatic heterocycles. The van der Waals surface area contributed by atoms with Crippen molar-refractivity contribution in [2.24, 2.45) is 0 Å². The molecule has 1 N–H and O–H groups in total. The average molecular weight is 262 g/mol. The number of hydrogen-bond donors (Lipinski definition) is 1. The maximum Gasteiger partial charge on any atom is 0.225 e. The first-order chi connectivity index (χ1) is 9.28. The Hall–Kier alpha value is -1.20. The van der Waals surface area contributed by atoms with Gasteiger partial charge in [0.25, 0.3) is 0 Å². The molecule has 2 fully saturated rings. The van der Waals surface area contributed by atoms with Gasteiger partial charge in [-0.15, -0.1) is 0 Å². The lowest BCUT2D eigenvalue weighted by Crippen LogP contribution is -2.59. The molecule has 5 heteroatoms. The van der Waals surface area contributed by atoms with E-state index < -0.39 is 0 Å². The van der Waals surface area contributed by atoms with E-state index in [4.69, 9.17) is 5.11 Å². The fraction of sp³-hybridized carbons (Fsp3) is 0.714. The molecule has 3 rings (SSSR count). The van der Waals surface area contributed by atoms with Crippen LogP contribution in [0.4, 0.5) is 5.95 Å². The van der Waals surface area contributed by atoms with Crippen LogP contribution in [0, 0.1) is 0 Å². The van der Waals surface area contributed by atoms with E-state index in [0.717, 1.165) is 24.6 Å². The number of nitrogens with zero attached hydrogens (tertiary/aromatic N) is 4. The van der Waals surface area contributed by atoms with E-state index in [0.29, 0.717) is 12.1 Å². The van der Waals surface area contributed by atoms with E-state index in [1.165, 1.54) is 25.8 Å². The number of piperazine rings is 1. The van der Waals surface area contributed by atoms with Gasteiger partial charge < -0.3 is 10.0 Å². The zero-order valence-electron chi connectivity index (χ0n) is 11.5. The summed E-state index contributed by atoms with van der Waals surface area (Å²) in [6.07, 6.45) is 7.42. The lowest BCUT2D eigenvalue weighted by atomic mass is 9.97. The summed E-state index contributed by atoms with van der Waals surface area (Å²) in [6, 6.07) is 1.11. The monoisotopic (exact) mass is 262 g/mol. The number of fused-ring (bicyclic) bond motifs is 1. The van der Waals surface area contributed by atoms with E-state index >= 15 is 0 Å². The second kappa shape index (κ2) is 5.43. The van der Waals surface area contributed by atoms with Gasteiger partial charge in [-0.05, 0) is 26.3 Å². The Labute approximate surface area is 114 Å². The fourth-order valence-corrected chi connectivity index (χ4v) is 3.21. The van der Waals surface area contributed by atoms with E-state index in [9.17, 15) is 0 Å². The van der Waals surface area contributed by atoms with Gasteiger partial charge in [0, 0.05) is 43.1 Å². The normalized spacial score (nSPS) is 28.2. The van der Waals surface area contributed by atoms with E-state index in [1.807, 2.05) is 0 Å². The van der Waals surface area contributed by atoms with E-state index in [-0.39, 0.29) is 6.61 Å². The van der Waals surface area contributed by atoms with Gasteiger partial charge >= 0.3 is 0 Å². The Morgan fingerprint density at radius 1 is 1.26 bits per heavy atom. The number of rotatable bonds is 2. The third kappa shape index (κ3) is 2.58. The van der Waals surface area contributed by atoms with Crippen LogP contribution in [0.15, 0.2) is 12.4 Å². The molecule has 1 aromatic rings. The smallest absolute Gasteiger partial charge is 0.225 e. The van der Waals surface area contributed by atoms with Crippen LogP contribution in [0.5, 0.6) is 0 Å². The molecule has 2 unspecified atom stereocenters. The molecular formula is C14H22N4O. The second-order valence-electron chi connectivity index (χ2n) is 5.70. The molecule has 5 nitrogen and oxygen atoms in total. The minimum atomic E-state index is 0.00619. The first-order valence-corrected chi connectivity index (χ1v) is 7.20. The summed E-state index contributed by atoms with van der Waals surface area (Å²) in [5.74, 6) is 0.801. The number of anilines is 1. The molecule has 2 aliphatic heterocycles. The Kier molecular flexibility index (Phi) is 3.66. The Morgan fingerprint density at radius 3 is 2.79 bits per heavy atom. The van der Waals surface area contributed by atoms with Crippen molar-refractivity contribution in [3.05, 3.63) is 18.0 Å². The van der Waals surface area contributed by atoms with Gasteiger partial charge in [-0.1, -0.05) is 6.42 Å². The SMILES string of the molecule is CC1CN2CCCCC2CN1c1ncc(CO)cn1. The molecule has 2 aliphatic rings. The molecule has 0 radical (unpaired) electrons. The summed E-state index contributed by atoms with van der Waals surface area (Å²) in [5.41, 5.74) is 0.771. The fourth-order valence-electron chi connectivity index (χ4n) is 3.21. The van der Waals surface area contributed by atoms with Crippen LogP contribution < -0.4 is 4.90 Å². The van der Waals surface area contributed by atoms with Gasteiger partial charge in [-0.25, -0.2) is 9.97 Å². The van der Waals surface area contributed by atoms with Crippen LogP contribution in [0.25, 0.3) is 0 Å². The zero-order valence-corrected chi connectivity index (χ0v) is 11.5. The number of hydrogen-bond acceptors (Lipinski definition) is 5. The van der Waals surface area contributed by atoms with Crippen molar-refractivity contribution in [3.8, 4) is 0 Å². The molecule has 0 saturated carbocycles. The quantitative estimate of drug-likeness (QED) is 0.863. The predicted molar refractivity (Wildman–Crippen MR) is 74.0 cm³/mol. The summed E-state index contributed by atoms with van der Waals surface area (Å²) < 4.78 is 0. The van der Waals surface area contributed by atoms with E-state index in [2.05, 4.69) is 26.7 Å². The first-order valence-electron chi connectivity index (χ1n) is 7.20. The highest BCUT2D eigenvalue weighted by atomic mass is 16.3. The van der Waals surface area contributed by atoms with Crippen LogP contribution in [0.3, 0.4) is 0 Å². The highest BCUT2D eigenvalue weighted by Crippen LogP contribution is 2.26. The van der Waals surface area contributed by atoms with Crippen molar-refractivity contribution >= 4 is 5.95 Å². The van der Waals surface area contributed by atoms with Crippen LogP contribution in [-0.2, 0) is 6.61 Å². The molecule has 2 atom stereocenters. The molecule has 0 aromatic carbocycles. The van der Waals surface area contributed by atoms with Crippen LogP contribution in [-0.4, -0.2) is 51.7 Å². The molecule has 0 spiro atoms. The summed E-state index contributed by atoms with van der Waals surface area (Å²) in [4.78, 5) is 13.7. The second-order valence-corrected chi connectivity index (χ2v) is 5.70. The average Bonchev–Trinajstić information content (AvgIpc) is 2.47. The molecule has 104 valence electrons. The molecule has 0 bridgehead atoms. The van der Waals surface area contributed by atoms with Crippen molar-refractivity contribution in [2.75, 3.05) is 24.5 Å². The van der Waals surface area contributed by atoms with Gasteiger partial charge in [-0.2, -0.15) is 0 Å². The molecule has 0 aliphatic carbocycles. The van der Waals surface area contributed by atoms with Crippen LogP contribution in [0.1, 0.15) is 31.7 Å². The first kappa shape index (κ1) is 12.8. The standard InChI is InChI=1S/C14H22N4O/c1-11-8-17-5-3-2-4-13(17)9-18(11)14-15-6-12(10-19)7-16-14/h6-7,11,13,19H,2-5,8-10H2,1H3. The Morgan fingerprint density at radius 2 is 2.05 bits per heavy atom. The van der Waals surface area contributed by atoms with E-state index in [1.54, 1.807) is 12.4 Å². The highest BCUT2D eigenvalue weighted by molar-refractivity contribution is 5.33. The van der Waals surface area contributed by atoms with Gasteiger partial charge in [0.1, 0.15) is 0 Å². The van der Waals surface area contributed by atoms with Crippen molar-refractivity contribution < 1.29 is 5.11 Å². The minimum Gasteiger partial charge on any atom is -0.392 e. The summed E-state index contributed by atoms with van der Waals surface area (Å²) >= 11 is 0. The molecule has 2 saturated heterocycles. The Bertz CT molecular complexity index is 422. The van der Waals surface area contributed by atoms with Crippen molar-refractivity contribution in [3.63, 3.8) is 0 Å². The largest absolute Gasteiger partial charge is 0.392 e. The zero-order chi connectivity index (χ0) is 13.2. The summed E-state index contributed by atoms with van der Waals surface area (Å²) in [5, 5.41) is 9.04. The number of aliphatic hydroxyl groups excluding tert-OH is 1. The maximum atomic E-state index is 9.04. The van der Waals surface area contributed by atoms with Crippen molar-refractivity contribution in [2.45, 2.75) is 44.9 Å². The molecular weight excluding hydrogens is 240 g/mol. The van der Waals surface area contributed by atoms with Gasteiger partial charge in [0.05, 0.1) is 6.61 Å².